The molecule has 21 heavy (non-hydrogen) atoms. The Hall–Kier alpha value is 0. The van der Waals surface area contributed by atoms with Gasteiger partial charge in [-0.2, -0.15) is 0 Å². The van der Waals surface area contributed by atoms with Crippen LogP contribution in [0.2, 0.25) is 0 Å². The molecule has 0 bridgehead atoms. The third kappa shape index (κ3) is 1.53. The van der Waals surface area contributed by atoms with E-state index in [-0.39, 0.29) is 0 Å². The van der Waals surface area contributed by atoms with E-state index < -0.39 is 0 Å². The molecule has 3 rings (SSSR count). The van der Waals surface area contributed by atoms with Gasteiger partial charge in [-0.3, -0.25) is 0 Å². The van der Waals surface area contributed by atoms with Crippen LogP contribution in [-0.4, -0.2) is 0 Å². The Morgan fingerprint density at radius 2 is 1.52 bits per heavy atom. The smallest absolute Gasteiger partial charge is 0.0179 e. The predicted molar refractivity (Wildman–Crippen MR) is 92.1 cm³/mol. The Bertz CT molecular complexity index is 424. The Labute approximate surface area is 133 Å². The Balaban J connectivity index is 2.07. The SMILES string of the molecule is CC(C)CC1CC2CCC(C)C2(C)C2(C)C(C)C(C)C12C. The van der Waals surface area contributed by atoms with Crippen LogP contribution in [0.15, 0.2) is 0 Å². The average Bonchev–Trinajstić information content (AvgIpc) is 2.71. The van der Waals surface area contributed by atoms with Gasteiger partial charge in [0.1, 0.15) is 0 Å². The summed E-state index contributed by atoms with van der Waals surface area (Å²) in [5.74, 6) is 5.51. The van der Waals surface area contributed by atoms with Crippen LogP contribution in [-0.2, 0) is 0 Å². The van der Waals surface area contributed by atoms with Gasteiger partial charge in [-0.05, 0) is 77.4 Å². The maximum atomic E-state index is 2.69. The molecule has 0 heterocycles. The van der Waals surface area contributed by atoms with Crippen LogP contribution in [0.4, 0.5) is 0 Å². The Morgan fingerprint density at radius 1 is 0.905 bits per heavy atom. The van der Waals surface area contributed by atoms with E-state index in [4.69, 9.17) is 0 Å². The summed E-state index contributed by atoms with van der Waals surface area (Å²) in [6.07, 6.45) is 5.94. The molecule has 0 nitrogen and oxygen atoms in total. The van der Waals surface area contributed by atoms with Gasteiger partial charge >= 0.3 is 0 Å². The van der Waals surface area contributed by atoms with Crippen molar-refractivity contribution in [1.29, 1.82) is 0 Å². The summed E-state index contributed by atoms with van der Waals surface area (Å²) >= 11 is 0. The first-order chi connectivity index (χ1) is 9.61. The molecular formula is C21H38. The molecule has 0 aromatic heterocycles. The van der Waals surface area contributed by atoms with Crippen molar-refractivity contribution in [2.75, 3.05) is 0 Å². The molecule has 0 aromatic rings. The maximum Gasteiger partial charge on any atom is -0.0179 e. The van der Waals surface area contributed by atoms with E-state index in [1.54, 1.807) is 0 Å². The van der Waals surface area contributed by atoms with E-state index in [1.807, 2.05) is 0 Å². The van der Waals surface area contributed by atoms with Crippen LogP contribution < -0.4 is 0 Å². The molecule has 3 aliphatic rings. The zero-order valence-electron chi connectivity index (χ0n) is 15.8. The lowest BCUT2D eigenvalue weighted by Gasteiger charge is -2.79. The van der Waals surface area contributed by atoms with Gasteiger partial charge in [0.05, 0.1) is 0 Å². The van der Waals surface area contributed by atoms with E-state index >= 15 is 0 Å². The highest BCUT2D eigenvalue weighted by Gasteiger charge is 2.76. The fourth-order valence-corrected chi connectivity index (χ4v) is 8.00. The van der Waals surface area contributed by atoms with Crippen LogP contribution in [0.3, 0.4) is 0 Å². The molecule has 3 fully saturated rings. The minimum atomic E-state index is 0.553. The Kier molecular flexibility index (Phi) is 3.41. The van der Waals surface area contributed by atoms with Crippen LogP contribution in [0.1, 0.15) is 81.1 Å². The van der Waals surface area contributed by atoms with Crippen molar-refractivity contribution in [1.82, 2.24) is 0 Å². The van der Waals surface area contributed by atoms with Crippen molar-refractivity contribution in [3.05, 3.63) is 0 Å². The van der Waals surface area contributed by atoms with Crippen molar-refractivity contribution in [3.63, 3.8) is 0 Å². The number of hydrogen-bond acceptors (Lipinski definition) is 0. The lowest BCUT2D eigenvalue weighted by molar-refractivity contribution is -0.314. The minimum absolute atomic E-state index is 0.553. The van der Waals surface area contributed by atoms with Gasteiger partial charge < -0.3 is 0 Å². The molecule has 8 atom stereocenters. The van der Waals surface area contributed by atoms with Gasteiger partial charge in [0.2, 0.25) is 0 Å². The topological polar surface area (TPSA) is 0 Å². The lowest BCUT2D eigenvalue weighted by Crippen LogP contribution is -2.74. The average molecular weight is 291 g/mol. The molecule has 0 amide bonds. The van der Waals surface area contributed by atoms with Crippen molar-refractivity contribution in [2.45, 2.75) is 81.1 Å². The molecule has 0 spiro atoms. The van der Waals surface area contributed by atoms with Gasteiger partial charge in [-0.25, -0.2) is 0 Å². The first kappa shape index (κ1) is 15.9. The highest BCUT2D eigenvalue weighted by Crippen LogP contribution is 2.82. The van der Waals surface area contributed by atoms with Crippen LogP contribution in [0.25, 0.3) is 0 Å². The molecule has 0 heteroatoms. The highest BCUT2D eigenvalue weighted by molar-refractivity contribution is 5.24. The first-order valence-corrected chi connectivity index (χ1v) is 9.61. The molecule has 8 unspecified atom stereocenters. The van der Waals surface area contributed by atoms with Gasteiger partial charge in [-0.15, -0.1) is 0 Å². The van der Waals surface area contributed by atoms with Crippen LogP contribution in [0, 0.1) is 51.8 Å². The number of rotatable bonds is 2. The second-order valence-corrected chi connectivity index (χ2v) is 10.1. The van der Waals surface area contributed by atoms with Gasteiger partial charge in [-0.1, -0.05) is 55.4 Å². The van der Waals surface area contributed by atoms with E-state index in [0.717, 1.165) is 35.5 Å². The maximum absolute atomic E-state index is 2.69. The van der Waals surface area contributed by atoms with Crippen molar-refractivity contribution in [3.8, 4) is 0 Å². The van der Waals surface area contributed by atoms with E-state index in [1.165, 1.54) is 25.7 Å². The minimum Gasteiger partial charge on any atom is -0.0628 e. The third-order valence-corrected chi connectivity index (χ3v) is 9.84. The van der Waals surface area contributed by atoms with Gasteiger partial charge in [0.25, 0.3) is 0 Å². The number of hydrogen-bond donors (Lipinski definition) is 0. The molecule has 3 saturated carbocycles. The van der Waals surface area contributed by atoms with Gasteiger partial charge in [0, 0.05) is 0 Å². The second kappa shape index (κ2) is 4.51. The second-order valence-electron chi connectivity index (χ2n) is 10.1. The molecule has 0 radical (unpaired) electrons. The highest BCUT2D eigenvalue weighted by atomic mass is 14.8. The fourth-order valence-electron chi connectivity index (χ4n) is 8.00. The van der Waals surface area contributed by atoms with Gasteiger partial charge in [0.15, 0.2) is 0 Å². The standard InChI is InChI=1S/C21H38/c1-13(2)11-18-12-17-10-9-14(3)19(17,6)21(8)16(5)15(4)20(18,21)7/h13-18H,9-12H2,1-8H3. The summed E-state index contributed by atoms with van der Waals surface area (Å²) in [6.45, 7) is 20.6. The van der Waals surface area contributed by atoms with Crippen LogP contribution >= 0.6 is 0 Å². The molecule has 3 aliphatic carbocycles. The summed E-state index contributed by atoms with van der Waals surface area (Å²) in [7, 11) is 0. The third-order valence-electron chi connectivity index (χ3n) is 9.84. The summed E-state index contributed by atoms with van der Waals surface area (Å²) < 4.78 is 0. The zero-order chi connectivity index (χ0) is 15.8. The van der Waals surface area contributed by atoms with E-state index in [2.05, 4.69) is 55.4 Å². The molecule has 0 aliphatic heterocycles. The molecule has 0 saturated heterocycles. The summed E-state index contributed by atoms with van der Waals surface area (Å²) in [5.41, 5.74) is 1.71. The van der Waals surface area contributed by atoms with Crippen LogP contribution in [0.5, 0.6) is 0 Å². The molecule has 0 N–H and O–H groups in total. The van der Waals surface area contributed by atoms with Crippen molar-refractivity contribution >= 4 is 0 Å². The summed E-state index contributed by atoms with van der Waals surface area (Å²) in [5, 5.41) is 0. The fraction of sp³-hybridized carbons (Fsp3) is 1.00. The van der Waals surface area contributed by atoms with E-state index in [9.17, 15) is 0 Å². The normalized spacial score (nSPS) is 59.6. The summed E-state index contributed by atoms with van der Waals surface area (Å²) in [4.78, 5) is 0. The number of fused-ring (bicyclic) bond motifs is 3. The van der Waals surface area contributed by atoms with Crippen molar-refractivity contribution < 1.29 is 0 Å². The molecule has 122 valence electrons. The quantitative estimate of drug-likeness (QED) is 0.551. The van der Waals surface area contributed by atoms with Crippen molar-refractivity contribution in [2.24, 2.45) is 51.8 Å². The predicted octanol–water partition coefficient (Wildman–Crippen LogP) is 6.40. The molecular weight excluding hydrogens is 252 g/mol. The lowest BCUT2D eigenvalue weighted by atomic mass is 9.25. The first-order valence-electron chi connectivity index (χ1n) is 9.61. The zero-order valence-corrected chi connectivity index (χ0v) is 15.8. The summed E-state index contributed by atoms with van der Waals surface area (Å²) in [6, 6.07) is 0. The van der Waals surface area contributed by atoms with E-state index in [0.29, 0.717) is 16.2 Å². The Morgan fingerprint density at radius 3 is 2.10 bits per heavy atom. The monoisotopic (exact) mass is 290 g/mol. The largest absolute Gasteiger partial charge is 0.0628 e. The molecule has 0 aromatic carbocycles.